The summed E-state index contributed by atoms with van der Waals surface area (Å²) in [4.78, 5) is 11.1. The summed E-state index contributed by atoms with van der Waals surface area (Å²) in [5.41, 5.74) is 0. The molecule has 0 radical (unpaired) electrons. The normalized spacial score (nSPS) is 11.2. The van der Waals surface area contributed by atoms with Crippen LogP contribution in [-0.4, -0.2) is 19.7 Å². The van der Waals surface area contributed by atoms with Gasteiger partial charge in [0, 0.05) is 11.8 Å². The maximum atomic E-state index is 11.1. The second-order valence-electron chi connectivity index (χ2n) is 9.09. The molecular weight excluding hydrogens is 408 g/mol. The first-order valence-corrected chi connectivity index (χ1v) is 12.9. The van der Waals surface area contributed by atoms with Gasteiger partial charge in [-0.3, -0.25) is 4.79 Å². The van der Waals surface area contributed by atoms with Crippen molar-refractivity contribution in [2.24, 2.45) is 0 Å². The average Bonchev–Trinajstić information content (AvgIpc) is 2.85. The molecule has 178 valence electrons. The summed E-state index contributed by atoms with van der Waals surface area (Å²) in [6.45, 7) is 0.794. The number of ether oxygens (including phenoxy) is 2. The second kappa shape index (κ2) is 14.6. The Hall–Kier alpha value is -2.55. The van der Waals surface area contributed by atoms with Crippen LogP contribution in [0.5, 0.6) is 5.75 Å². The van der Waals surface area contributed by atoms with Crippen LogP contribution in [0.15, 0.2) is 54.6 Å². The Kier molecular flexibility index (Phi) is 11.1. The minimum Gasteiger partial charge on any atom is -0.493 e. The molecule has 0 bridgehead atoms. The smallest absolute Gasteiger partial charge is 0.305 e. The number of rotatable bonds is 16. The Balaban J connectivity index is 1.20. The van der Waals surface area contributed by atoms with Gasteiger partial charge in [0.15, 0.2) is 0 Å². The van der Waals surface area contributed by atoms with Crippen LogP contribution in [0, 0.1) is 0 Å². The minimum atomic E-state index is -0.0798. The van der Waals surface area contributed by atoms with Gasteiger partial charge >= 0.3 is 5.97 Å². The van der Waals surface area contributed by atoms with Gasteiger partial charge in [-0.2, -0.15) is 0 Å². The quantitative estimate of drug-likeness (QED) is 0.125. The van der Waals surface area contributed by atoms with Crippen molar-refractivity contribution in [3.63, 3.8) is 0 Å². The zero-order valence-electron chi connectivity index (χ0n) is 20.3. The molecule has 0 fully saturated rings. The van der Waals surface area contributed by atoms with Crippen LogP contribution in [0.1, 0.15) is 83.5 Å². The Bertz CT molecular complexity index is 979. The first kappa shape index (κ1) is 25.1. The molecule has 3 nitrogen and oxygen atoms in total. The third kappa shape index (κ3) is 8.72. The van der Waals surface area contributed by atoms with Gasteiger partial charge in [-0.15, -0.1) is 0 Å². The average molecular weight is 449 g/mol. The van der Waals surface area contributed by atoms with Gasteiger partial charge in [0.05, 0.1) is 13.7 Å². The van der Waals surface area contributed by atoms with Crippen LogP contribution in [0.2, 0.25) is 0 Å². The molecule has 0 N–H and O–H groups in total. The predicted molar refractivity (Wildman–Crippen MR) is 139 cm³/mol. The SMILES string of the molecule is COC(=O)CCCCCCCCCCCCCCOc1cccc2cc3ccccc3cc12. The Morgan fingerprint density at radius 2 is 1.18 bits per heavy atom. The number of hydrogen-bond donors (Lipinski definition) is 0. The van der Waals surface area contributed by atoms with Gasteiger partial charge in [-0.05, 0) is 47.2 Å². The van der Waals surface area contributed by atoms with Crippen molar-refractivity contribution in [1.29, 1.82) is 0 Å². The molecule has 0 aliphatic rings. The molecule has 0 saturated heterocycles. The zero-order chi connectivity index (χ0) is 23.1. The van der Waals surface area contributed by atoms with Crippen molar-refractivity contribution in [2.45, 2.75) is 83.5 Å². The standard InChI is InChI=1S/C30H40O3/c1-32-30(31)21-12-10-8-6-4-2-3-5-7-9-11-15-22-33-29-20-16-19-27-23-25-17-13-14-18-26(25)24-28(27)29/h13-14,16-20,23-24H,2-12,15,21-22H2,1H3. The number of unbranched alkanes of at least 4 members (excludes halogenated alkanes) is 11. The predicted octanol–water partition coefficient (Wildman–Crippen LogP) is 8.62. The van der Waals surface area contributed by atoms with Gasteiger partial charge < -0.3 is 9.47 Å². The topological polar surface area (TPSA) is 35.5 Å². The van der Waals surface area contributed by atoms with Crippen LogP contribution >= 0.6 is 0 Å². The molecule has 3 aromatic rings. The lowest BCUT2D eigenvalue weighted by Crippen LogP contribution is -1.99. The summed E-state index contributed by atoms with van der Waals surface area (Å²) in [5, 5.41) is 4.99. The highest BCUT2D eigenvalue weighted by molar-refractivity contribution is 6.00. The highest BCUT2D eigenvalue weighted by Crippen LogP contribution is 2.30. The summed E-state index contributed by atoms with van der Waals surface area (Å²) in [5.74, 6) is 0.924. The molecule has 0 aliphatic heterocycles. The summed E-state index contributed by atoms with van der Waals surface area (Å²) in [6.07, 6.45) is 15.6. The van der Waals surface area contributed by atoms with Crippen LogP contribution in [-0.2, 0) is 9.53 Å². The zero-order valence-corrected chi connectivity index (χ0v) is 20.3. The van der Waals surface area contributed by atoms with Crippen molar-refractivity contribution in [3.05, 3.63) is 54.6 Å². The van der Waals surface area contributed by atoms with Crippen LogP contribution < -0.4 is 4.74 Å². The number of esters is 1. The first-order chi connectivity index (χ1) is 16.3. The van der Waals surface area contributed by atoms with Crippen molar-refractivity contribution < 1.29 is 14.3 Å². The van der Waals surface area contributed by atoms with E-state index in [2.05, 4.69) is 59.3 Å². The van der Waals surface area contributed by atoms with Gasteiger partial charge in [-0.1, -0.05) is 101 Å². The number of fused-ring (bicyclic) bond motifs is 2. The number of benzene rings is 3. The van der Waals surface area contributed by atoms with E-state index in [0.717, 1.165) is 31.6 Å². The maximum absolute atomic E-state index is 11.1. The maximum Gasteiger partial charge on any atom is 0.305 e. The molecule has 0 spiro atoms. The summed E-state index contributed by atoms with van der Waals surface area (Å²) in [7, 11) is 1.46. The fourth-order valence-electron chi connectivity index (χ4n) is 4.49. The summed E-state index contributed by atoms with van der Waals surface area (Å²) in [6, 6.07) is 19.4. The number of carbonyl (C=O) groups excluding carboxylic acids is 1. The summed E-state index contributed by atoms with van der Waals surface area (Å²) >= 11 is 0. The van der Waals surface area contributed by atoms with E-state index < -0.39 is 0 Å². The third-order valence-corrected chi connectivity index (χ3v) is 6.47. The van der Waals surface area contributed by atoms with Crippen molar-refractivity contribution in [1.82, 2.24) is 0 Å². The molecule has 3 aromatic carbocycles. The third-order valence-electron chi connectivity index (χ3n) is 6.47. The second-order valence-corrected chi connectivity index (χ2v) is 9.09. The van der Waals surface area contributed by atoms with E-state index in [1.807, 2.05) is 0 Å². The van der Waals surface area contributed by atoms with Gasteiger partial charge in [0.1, 0.15) is 5.75 Å². The fourth-order valence-corrected chi connectivity index (χ4v) is 4.49. The fraction of sp³-hybridized carbons (Fsp3) is 0.500. The van der Waals surface area contributed by atoms with Crippen LogP contribution in [0.3, 0.4) is 0 Å². The van der Waals surface area contributed by atoms with E-state index in [0.29, 0.717) is 6.42 Å². The molecule has 0 saturated carbocycles. The highest BCUT2D eigenvalue weighted by Gasteiger charge is 2.04. The van der Waals surface area contributed by atoms with E-state index in [-0.39, 0.29) is 5.97 Å². The Morgan fingerprint density at radius 1 is 0.636 bits per heavy atom. The molecule has 0 unspecified atom stereocenters. The number of hydrogen-bond acceptors (Lipinski definition) is 3. The van der Waals surface area contributed by atoms with Crippen molar-refractivity contribution in [3.8, 4) is 5.75 Å². The lowest BCUT2D eigenvalue weighted by atomic mass is 10.0. The van der Waals surface area contributed by atoms with Gasteiger partial charge in [0.2, 0.25) is 0 Å². The van der Waals surface area contributed by atoms with Crippen LogP contribution in [0.25, 0.3) is 21.5 Å². The van der Waals surface area contributed by atoms with Crippen molar-refractivity contribution >= 4 is 27.5 Å². The van der Waals surface area contributed by atoms with Gasteiger partial charge in [-0.25, -0.2) is 0 Å². The van der Waals surface area contributed by atoms with E-state index >= 15 is 0 Å². The van der Waals surface area contributed by atoms with E-state index in [1.165, 1.54) is 86.4 Å². The molecule has 0 aromatic heterocycles. The van der Waals surface area contributed by atoms with Gasteiger partial charge in [0.25, 0.3) is 0 Å². The lowest BCUT2D eigenvalue weighted by molar-refractivity contribution is -0.140. The molecule has 3 heteroatoms. The first-order valence-electron chi connectivity index (χ1n) is 12.9. The number of carbonyl (C=O) groups is 1. The summed E-state index contributed by atoms with van der Waals surface area (Å²) < 4.78 is 10.8. The van der Waals surface area contributed by atoms with E-state index in [1.54, 1.807) is 0 Å². The van der Waals surface area contributed by atoms with Crippen LogP contribution in [0.4, 0.5) is 0 Å². The highest BCUT2D eigenvalue weighted by atomic mass is 16.5. The molecule has 0 amide bonds. The lowest BCUT2D eigenvalue weighted by Gasteiger charge is -2.10. The van der Waals surface area contributed by atoms with E-state index in [4.69, 9.17) is 4.74 Å². The molecule has 3 rings (SSSR count). The largest absolute Gasteiger partial charge is 0.493 e. The minimum absolute atomic E-state index is 0.0798. The van der Waals surface area contributed by atoms with E-state index in [9.17, 15) is 4.79 Å². The molecule has 33 heavy (non-hydrogen) atoms. The Labute approximate surface area is 199 Å². The monoisotopic (exact) mass is 448 g/mol. The molecule has 0 atom stereocenters. The van der Waals surface area contributed by atoms with Crippen molar-refractivity contribution in [2.75, 3.05) is 13.7 Å². The number of methoxy groups -OCH3 is 1. The molecule has 0 heterocycles. The molecular formula is C30H40O3. The Morgan fingerprint density at radius 3 is 1.82 bits per heavy atom. The molecule has 0 aliphatic carbocycles.